The molecule has 0 aliphatic heterocycles. The molecule has 1 aliphatic carbocycles. The molecule has 1 saturated carbocycles. The van der Waals surface area contributed by atoms with Gasteiger partial charge in [0.05, 0.1) is 0 Å². The van der Waals surface area contributed by atoms with Crippen molar-refractivity contribution in [2.24, 2.45) is 5.92 Å². The number of anilines is 1. The summed E-state index contributed by atoms with van der Waals surface area (Å²) in [6.07, 6.45) is 3.96. The van der Waals surface area contributed by atoms with Crippen LogP contribution in [0.5, 0.6) is 0 Å². The molecule has 4 nitrogen and oxygen atoms in total. The van der Waals surface area contributed by atoms with Gasteiger partial charge in [0, 0.05) is 17.5 Å². The zero-order valence-corrected chi connectivity index (χ0v) is 13.7. The smallest absolute Gasteiger partial charge is 0.288 e. The van der Waals surface area contributed by atoms with Gasteiger partial charge in [-0.1, -0.05) is 24.6 Å². The number of benzene rings is 1. The van der Waals surface area contributed by atoms with E-state index in [2.05, 4.69) is 10.6 Å². The van der Waals surface area contributed by atoms with Crippen LogP contribution in [0.3, 0.4) is 0 Å². The van der Waals surface area contributed by atoms with E-state index in [1.165, 1.54) is 19.1 Å². The molecule has 0 aromatic heterocycles. The molecule has 126 valence electrons. The standard InChI is InChI=1S/C16H20F2N2O2S/c1-10(21)19-14(11-4-2-3-5-11)15(22)20-12-6-8-13(9-7-12)23-16(17)18/h6-9,11,14,16H,2-5H2,1H3,(H,19,21)(H,20,22). The van der Waals surface area contributed by atoms with Crippen molar-refractivity contribution in [3.63, 3.8) is 0 Å². The Morgan fingerprint density at radius 1 is 1.17 bits per heavy atom. The van der Waals surface area contributed by atoms with Gasteiger partial charge in [-0.3, -0.25) is 9.59 Å². The molecular weight excluding hydrogens is 322 g/mol. The largest absolute Gasteiger partial charge is 0.344 e. The maximum Gasteiger partial charge on any atom is 0.288 e. The van der Waals surface area contributed by atoms with Crippen LogP contribution in [0.15, 0.2) is 29.2 Å². The first-order valence-electron chi connectivity index (χ1n) is 7.58. The molecule has 2 amide bonds. The van der Waals surface area contributed by atoms with E-state index in [1.807, 2.05) is 0 Å². The highest BCUT2D eigenvalue weighted by molar-refractivity contribution is 7.99. The van der Waals surface area contributed by atoms with Gasteiger partial charge in [-0.2, -0.15) is 8.78 Å². The van der Waals surface area contributed by atoms with Gasteiger partial charge in [0.2, 0.25) is 11.8 Å². The third kappa shape index (κ3) is 5.49. The highest BCUT2D eigenvalue weighted by atomic mass is 32.2. The van der Waals surface area contributed by atoms with Crippen molar-refractivity contribution >= 4 is 29.3 Å². The summed E-state index contributed by atoms with van der Waals surface area (Å²) >= 11 is 0.458. The molecular formula is C16H20F2N2O2S. The number of nitrogens with one attached hydrogen (secondary N) is 2. The van der Waals surface area contributed by atoms with Crippen LogP contribution in [0.1, 0.15) is 32.6 Å². The molecule has 0 spiro atoms. The first-order chi connectivity index (χ1) is 11.0. The second-order valence-electron chi connectivity index (χ2n) is 5.61. The number of hydrogen-bond donors (Lipinski definition) is 2. The minimum Gasteiger partial charge on any atom is -0.344 e. The Labute approximate surface area is 138 Å². The molecule has 0 saturated heterocycles. The summed E-state index contributed by atoms with van der Waals surface area (Å²) in [5.41, 5.74) is 0.530. The van der Waals surface area contributed by atoms with E-state index < -0.39 is 11.8 Å². The maximum absolute atomic E-state index is 12.4. The Morgan fingerprint density at radius 3 is 2.30 bits per heavy atom. The van der Waals surface area contributed by atoms with E-state index >= 15 is 0 Å². The first-order valence-corrected chi connectivity index (χ1v) is 8.46. The van der Waals surface area contributed by atoms with Crippen molar-refractivity contribution in [3.05, 3.63) is 24.3 Å². The number of thioether (sulfide) groups is 1. The average molecular weight is 342 g/mol. The maximum atomic E-state index is 12.4. The lowest BCUT2D eigenvalue weighted by Crippen LogP contribution is -2.47. The zero-order chi connectivity index (χ0) is 16.8. The minimum atomic E-state index is -2.47. The summed E-state index contributed by atoms with van der Waals surface area (Å²) in [4.78, 5) is 24.2. The van der Waals surface area contributed by atoms with Crippen LogP contribution in [0, 0.1) is 5.92 Å². The third-order valence-corrected chi connectivity index (χ3v) is 4.58. The van der Waals surface area contributed by atoms with Crippen molar-refractivity contribution in [2.45, 2.75) is 49.3 Å². The fraction of sp³-hybridized carbons (Fsp3) is 0.500. The number of alkyl halides is 2. The molecule has 0 heterocycles. The SMILES string of the molecule is CC(=O)NC(C(=O)Nc1ccc(SC(F)F)cc1)C1CCCC1. The van der Waals surface area contributed by atoms with Crippen LogP contribution >= 0.6 is 11.8 Å². The van der Waals surface area contributed by atoms with E-state index in [-0.39, 0.29) is 17.7 Å². The summed E-state index contributed by atoms with van der Waals surface area (Å²) in [7, 11) is 0. The van der Waals surface area contributed by atoms with Crippen molar-refractivity contribution in [1.82, 2.24) is 5.32 Å². The number of rotatable bonds is 6. The first kappa shape index (κ1) is 17.7. The number of carbonyl (C=O) groups excluding carboxylic acids is 2. The topological polar surface area (TPSA) is 58.2 Å². The monoisotopic (exact) mass is 342 g/mol. The molecule has 1 aliphatic rings. The molecule has 1 unspecified atom stereocenters. The Bertz CT molecular complexity index is 546. The Balaban J connectivity index is 2.00. The lowest BCUT2D eigenvalue weighted by atomic mass is 9.97. The Kier molecular flexibility index (Phi) is 6.38. The molecule has 1 fully saturated rings. The summed E-state index contributed by atoms with van der Waals surface area (Å²) in [6, 6.07) is 5.69. The highest BCUT2D eigenvalue weighted by Gasteiger charge is 2.31. The molecule has 0 radical (unpaired) electrons. The van der Waals surface area contributed by atoms with Crippen LogP contribution in [-0.2, 0) is 9.59 Å². The van der Waals surface area contributed by atoms with Crippen LogP contribution in [0.4, 0.5) is 14.5 Å². The fourth-order valence-electron chi connectivity index (χ4n) is 2.85. The van der Waals surface area contributed by atoms with Crippen molar-refractivity contribution in [2.75, 3.05) is 5.32 Å². The minimum absolute atomic E-state index is 0.146. The van der Waals surface area contributed by atoms with Crippen LogP contribution in [0.25, 0.3) is 0 Å². The number of carbonyl (C=O) groups is 2. The quantitative estimate of drug-likeness (QED) is 0.776. The normalized spacial score (nSPS) is 16.3. The summed E-state index contributed by atoms with van der Waals surface area (Å²) in [5, 5.41) is 5.48. The van der Waals surface area contributed by atoms with Gasteiger partial charge in [-0.25, -0.2) is 0 Å². The van der Waals surface area contributed by atoms with Crippen LogP contribution in [-0.4, -0.2) is 23.6 Å². The van der Waals surface area contributed by atoms with E-state index in [1.54, 1.807) is 12.1 Å². The summed E-state index contributed by atoms with van der Waals surface area (Å²) < 4.78 is 24.6. The molecule has 1 aromatic carbocycles. The number of halogens is 2. The fourth-order valence-corrected chi connectivity index (χ4v) is 3.35. The van der Waals surface area contributed by atoms with Gasteiger partial charge >= 0.3 is 0 Å². The second kappa shape index (κ2) is 8.29. The predicted octanol–water partition coefficient (Wildman–Crippen LogP) is 3.63. The Morgan fingerprint density at radius 2 is 1.78 bits per heavy atom. The highest BCUT2D eigenvalue weighted by Crippen LogP contribution is 2.29. The van der Waals surface area contributed by atoms with Crippen molar-refractivity contribution in [1.29, 1.82) is 0 Å². The average Bonchev–Trinajstić information content (AvgIpc) is 3.00. The molecule has 1 atom stereocenters. The lowest BCUT2D eigenvalue weighted by Gasteiger charge is -2.23. The summed E-state index contributed by atoms with van der Waals surface area (Å²) in [6.45, 7) is 1.39. The van der Waals surface area contributed by atoms with E-state index in [9.17, 15) is 18.4 Å². The molecule has 1 aromatic rings. The van der Waals surface area contributed by atoms with Crippen molar-refractivity contribution < 1.29 is 18.4 Å². The van der Waals surface area contributed by atoms with Crippen LogP contribution in [0.2, 0.25) is 0 Å². The van der Waals surface area contributed by atoms with E-state index in [0.717, 1.165) is 25.7 Å². The van der Waals surface area contributed by atoms with Gasteiger partial charge < -0.3 is 10.6 Å². The number of hydrogen-bond acceptors (Lipinski definition) is 3. The molecule has 0 bridgehead atoms. The van der Waals surface area contributed by atoms with E-state index in [0.29, 0.717) is 22.3 Å². The molecule has 23 heavy (non-hydrogen) atoms. The van der Waals surface area contributed by atoms with Crippen LogP contribution < -0.4 is 10.6 Å². The lowest BCUT2D eigenvalue weighted by molar-refractivity contribution is -0.126. The van der Waals surface area contributed by atoms with Gasteiger partial charge in [-0.05, 0) is 43.0 Å². The van der Waals surface area contributed by atoms with Gasteiger partial charge in [-0.15, -0.1) is 0 Å². The second-order valence-corrected chi connectivity index (χ2v) is 6.68. The van der Waals surface area contributed by atoms with Gasteiger partial charge in [0.1, 0.15) is 6.04 Å². The predicted molar refractivity (Wildman–Crippen MR) is 86.5 cm³/mol. The van der Waals surface area contributed by atoms with E-state index in [4.69, 9.17) is 0 Å². The zero-order valence-electron chi connectivity index (χ0n) is 12.9. The van der Waals surface area contributed by atoms with Crippen molar-refractivity contribution in [3.8, 4) is 0 Å². The summed E-state index contributed by atoms with van der Waals surface area (Å²) in [5.74, 6) is -2.82. The molecule has 2 N–H and O–H groups in total. The molecule has 2 rings (SSSR count). The van der Waals surface area contributed by atoms with Gasteiger partial charge in [0.15, 0.2) is 0 Å². The number of amides is 2. The Hall–Kier alpha value is -1.63. The van der Waals surface area contributed by atoms with Gasteiger partial charge in [0.25, 0.3) is 5.76 Å². The third-order valence-electron chi connectivity index (χ3n) is 3.86. The molecule has 7 heteroatoms.